The Morgan fingerprint density at radius 3 is 2.68 bits per heavy atom. The SMILES string of the molecule is CCOc1ccc(S(=O)(=O)N2CC[C@@H](n3c(=O)n(C)c4cccnc43)C2)cc1. The van der Waals surface area contributed by atoms with Crippen LogP contribution in [0.2, 0.25) is 0 Å². The molecule has 0 unspecified atom stereocenters. The van der Waals surface area contributed by atoms with Gasteiger partial charge in [0.25, 0.3) is 0 Å². The minimum Gasteiger partial charge on any atom is -0.494 e. The summed E-state index contributed by atoms with van der Waals surface area (Å²) in [5, 5.41) is 0. The predicted octanol–water partition coefficient (Wildman–Crippen LogP) is 1.77. The number of nitrogens with zero attached hydrogens (tertiary/aromatic N) is 4. The number of aromatic nitrogens is 3. The van der Waals surface area contributed by atoms with Crippen LogP contribution in [0.5, 0.6) is 5.75 Å². The summed E-state index contributed by atoms with van der Waals surface area (Å²) in [4.78, 5) is 17.3. The van der Waals surface area contributed by atoms with Gasteiger partial charge in [-0.05, 0) is 49.7 Å². The Hall–Kier alpha value is -2.65. The van der Waals surface area contributed by atoms with E-state index in [0.29, 0.717) is 31.0 Å². The van der Waals surface area contributed by atoms with E-state index in [9.17, 15) is 13.2 Å². The van der Waals surface area contributed by atoms with Gasteiger partial charge < -0.3 is 4.74 Å². The van der Waals surface area contributed by atoms with Crippen LogP contribution in [0.1, 0.15) is 19.4 Å². The van der Waals surface area contributed by atoms with Gasteiger partial charge in [-0.15, -0.1) is 0 Å². The number of ether oxygens (including phenoxy) is 1. The third-order valence-electron chi connectivity index (χ3n) is 5.11. The number of sulfonamides is 1. The van der Waals surface area contributed by atoms with Gasteiger partial charge in [0.2, 0.25) is 10.0 Å². The van der Waals surface area contributed by atoms with Crippen molar-refractivity contribution in [1.82, 2.24) is 18.4 Å². The fourth-order valence-corrected chi connectivity index (χ4v) is 5.18. The molecular formula is C19H22N4O4S. The van der Waals surface area contributed by atoms with Crippen LogP contribution < -0.4 is 10.4 Å². The lowest BCUT2D eigenvalue weighted by atomic mass is 10.2. The largest absolute Gasteiger partial charge is 0.494 e. The minimum absolute atomic E-state index is 0.181. The molecule has 0 amide bonds. The minimum atomic E-state index is -3.64. The maximum absolute atomic E-state index is 13.0. The quantitative estimate of drug-likeness (QED) is 0.649. The lowest BCUT2D eigenvalue weighted by molar-refractivity contribution is 0.340. The predicted molar refractivity (Wildman–Crippen MR) is 105 cm³/mol. The number of hydrogen-bond donors (Lipinski definition) is 0. The highest BCUT2D eigenvalue weighted by molar-refractivity contribution is 7.89. The molecule has 28 heavy (non-hydrogen) atoms. The van der Waals surface area contributed by atoms with Gasteiger partial charge in [-0.1, -0.05) is 0 Å². The highest BCUT2D eigenvalue weighted by Gasteiger charge is 2.35. The standard InChI is InChI=1S/C19H22N4O4S/c1-3-27-15-6-8-16(9-7-15)28(25,26)22-12-10-14(13-22)23-18-17(5-4-11-20-18)21(2)19(23)24/h4-9,11,14H,3,10,12-13H2,1-2H3/t14-/m1/s1. The van der Waals surface area contributed by atoms with Gasteiger partial charge in [0, 0.05) is 26.3 Å². The van der Waals surface area contributed by atoms with Crippen LogP contribution in [0.4, 0.5) is 0 Å². The van der Waals surface area contributed by atoms with E-state index in [-0.39, 0.29) is 23.2 Å². The molecule has 8 nitrogen and oxygen atoms in total. The zero-order chi connectivity index (χ0) is 19.9. The van der Waals surface area contributed by atoms with Gasteiger partial charge in [-0.2, -0.15) is 4.31 Å². The van der Waals surface area contributed by atoms with E-state index in [2.05, 4.69) is 4.98 Å². The summed E-state index contributed by atoms with van der Waals surface area (Å²) in [5.74, 6) is 0.633. The van der Waals surface area contributed by atoms with E-state index >= 15 is 0 Å². The molecule has 3 heterocycles. The molecule has 148 valence electrons. The molecule has 4 rings (SSSR count). The molecule has 1 fully saturated rings. The maximum Gasteiger partial charge on any atom is 0.330 e. The van der Waals surface area contributed by atoms with Gasteiger partial charge in [0.15, 0.2) is 5.65 Å². The van der Waals surface area contributed by atoms with Crippen LogP contribution in [0, 0.1) is 0 Å². The summed E-state index contributed by atoms with van der Waals surface area (Å²) in [7, 11) is -1.93. The normalized spacial score (nSPS) is 18.0. The van der Waals surface area contributed by atoms with Crippen molar-refractivity contribution in [1.29, 1.82) is 0 Å². The lowest BCUT2D eigenvalue weighted by Gasteiger charge is -2.17. The van der Waals surface area contributed by atoms with Crippen molar-refractivity contribution in [2.45, 2.75) is 24.3 Å². The number of pyridine rings is 1. The fourth-order valence-electron chi connectivity index (χ4n) is 3.68. The van der Waals surface area contributed by atoms with Gasteiger partial charge in [0.1, 0.15) is 5.75 Å². The van der Waals surface area contributed by atoms with Crippen molar-refractivity contribution < 1.29 is 13.2 Å². The van der Waals surface area contributed by atoms with E-state index in [1.54, 1.807) is 52.7 Å². The van der Waals surface area contributed by atoms with E-state index < -0.39 is 10.0 Å². The highest BCUT2D eigenvalue weighted by atomic mass is 32.2. The number of rotatable bonds is 5. The Morgan fingerprint density at radius 1 is 1.21 bits per heavy atom. The van der Waals surface area contributed by atoms with Gasteiger partial charge >= 0.3 is 5.69 Å². The van der Waals surface area contributed by atoms with Crippen molar-refractivity contribution in [2.24, 2.45) is 7.05 Å². The number of imidazole rings is 1. The first-order valence-corrected chi connectivity index (χ1v) is 10.6. The van der Waals surface area contributed by atoms with Gasteiger partial charge in [0.05, 0.1) is 23.1 Å². The Kier molecular flexibility index (Phi) is 4.72. The van der Waals surface area contributed by atoms with Crippen LogP contribution in [0.25, 0.3) is 11.2 Å². The van der Waals surface area contributed by atoms with E-state index in [0.717, 1.165) is 5.52 Å². The van der Waals surface area contributed by atoms with Crippen molar-refractivity contribution in [3.8, 4) is 5.75 Å². The van der Waals surface area contributed by atoms with Crippen LogP contribution in [0.3, 0.4) is 0 Å². The number of aryl methyl sites for hydroxylation is 1. The zero-order valence-electron chi connectivity index (χ0n) is 15.8. The average molecular weight is 402 g/mol. The van der Waals surface area contributed by atoms with Crippen molar-refractivity contribution >= 4 is 21.2 Å². The molecule has 1 aliphatic rings. The van der Waals surface area contributed by atoms with Gasteiger partial charge in [-0.3, -0.25) is 9.13 Å². The molecule has 0 radical (unpaired) electrons. The smallest absolute Gasteiger partial charge is 0.330 e. The highest BCUT2D eigenvalue weighted by Crippen LogP contribution is 2.29. The fraction of sp³-hybridized carbons (Fsp3) is 0.368. The monoisotopic (exact) mass is 402 g/mol. The summed E-state index contributed by atoms with van der Waals surface area (Å²) in [6.07, 6.45) is 2.20. The molecule has 0 saturated carbocycles. The second-order valence-corrected chi connectivity index (χ2v) is 8.71. The Bertz CT molecular complexity index is 1160. The van der Waals surface area contributed by atoms with Crippen molar-refractivity contribution in [2.75, 3.05) is 19.7 Å². The van der Waals surface area contributed by atoms with Gasteiger partial charge in [-0.25, -0.2) is 18.2 Å². The summed E-state index contributed by atoms with van der Waals surface area (Å²) < 4.78 is 36.0. The maximum atomic E-state index is 13.0. The third kappa shape index (κ3) is 3.00. The number of hydrogen-bond acceptors (Lipinski definition) is 5. The van der Waals surface area contributed by atoms with Crippen molar-refractivity contribution in [3.63, 3.8) is 0 Å². The number of fused-ring (bicyclic) bond motifs is 1. The summed E-state index contributed by atoms with van der Waals surface area (Å²) in [6.45, 7) is 2.99. The first-order valence-electron chi connectivity index (χ1n) is 9.18. The third-order valence-corrected chi connectivity index (χ3v) is 6.99. The second kappa shape index (κ2) is 7.06. The van der Waals surface area contributed by atoms with Crippen LogP contribution >= 0.6 is 0 Å². The molecule has 3 aromatic rings. The molecule has 9 heteroatoms. The first-order chi connectivity index (χ1) is 13.4. The molecular weight excluding hydrogens is 380 g/mol. The molecule has 2 aromatic heterocycles. The molecule has 1 saturated heterocycles. The summed E-state index contributed by atoms with van der Waals surface area (Å²) in [5.41, 5.74) is 1.14. The lowest BCUT2D eigenvalue weighted by Crippen LogP contribution is -2.31. The molecule has 0 spiro atoms. The van der Waals surface area contributed by atoms with Crippen LogP contribution in [-0.2, 0) is 17.1 Å². The Balaban J connectivity index is 1.62. The zero-order valence-corrected chi connectivity index (χ0v) is 16.6. The Labute approximate surface area is 163 Å². The van der Waals surface area contributed by atoms with E-state index in [1.807, 2.05) is 13.0 Å². The van der Waals surface area contributed by atoms with Crippen LogP contribution in [0.15, 0.2) is 52.3 Å². The molecule has 0 N–H and O–H groups in total. The molecule has 1 aliphatic heterocycles. The topological polar surface area (TPSA) is 86.4 Å². The summed E-state index contributed by atoms with van der Waals surface area (Å²) >= 11 is 0. The molecule has 0 aliphatic carbocycles. The summed E-state index contributed by atoms with van der Waals surface area (Å²) in [6, 6.07) is 9.79. The molecule has 1 aromatic carbocycles. The first kappa shape index (κ1) is 18.7. The average Bonchev–Trinajstić information content (AvgIpc) is 3.27. The van der Waals surface area contributed by atoms with E-state index in [4.69, 9.17) is 4.74 Å². The van der Waals surface area contributed by atoms with Crippen LogP contribution in [-0.4, -0.2) is 46.5 Å². The molecule has 1 atom stereocenters. The van der Waals surface area contributed by atoms with Crippen molar-refractivity contribution in [3.05, 3.63) is 53.1 Å². The molecule has 0 bridgehead atoms. The number of benzene rings is 1. The Morgan fingerprint density at radius 2 is 1.96 bits per heavy atom. The van der Waals surface area contributed by atoms with E-state index in [1.165, 1.54) is 4.31 Å². The second-order valence-electron chi connectivity index (χ2n) is 6.77.